The molecule has 4 nitrogen and oxygen atoms in total. The first-order valence-corrected chi connectivity index (χ1v) is 11.4. The summed E-state index contributed by atoms with van der Waals surface area (Å²) in [6.45, 7) is 0. The smallest absolute Gasteiger partial charge is 0.142 e. The van der Waals surface area contributed by atoms with Gasteiger partial charge in [-0.3, -0.25) is 0 Å². The van der Waals surface area contributed by atoms with Crippen molar-refractivity contribution in [3.05, 3.63) is 128 Å². The molecule has 34 heavy (non-hydrogen) atoms. The summed E-state index contributed by atoms with van der Waals surface area (Å²) in [6.07, 6.45) is 0. The molecular formula is C28H22Cl2O4. The summed E-state index contributed by atoms with van der Waals surface area (Å²) in [5.41, 5.74) is -0.499. The molecule has 0 amide bonds. The van der Waals surface area contributed by atoms with Crippen molar-refractivity contribution in [2.24, 2.45) is 0 Å². The minimum Gasteiger partial charge on any atom is -0.497 e. The molecule has 0 fully saturated rings. The number of halogens is 2. The fourth-order valence-corrected chi connectivity index (χ4v) is 5.54. The number of hydrogen-bond donors (Lipinski definition) is 2. The molecule has 2 N–H and O–H groups in total. The fourth-order valence-electron chi connectivity index (χ4n) is 4.92. The van der Waals surface area contributed by atoms with Crippen LogP contribution in [0.1, 0.15) is 33.4 Å². The SMILES string of the molecule is COc1ccc([C@]2(O)c3cccc(Cl)c3[C@](O)(c3ccc(OC)cc3)c3cccc(Cl)c32)cc1. The van der Waals surface area contributed by atoms with E-state index in [0.29, 0.717) is 54.9 Å². The summed E-state index contributed by atoms with van der Waals surface area (Å²) in [5.74, 6) is 1.31. The van der Waals surface area contributed by atoms with Crippen LogP contribution in [0.4, 0.5) is 0 Å². The van der Waals surface area contributed by atoms with Crippen LogP contribution in [0.15, 0.2) is 84.9 Å². The Labute approximate surface area is 207 Å². The van der Waals surface area contributed by atoms with Gasteiger partial charge in [0.05, 0.1) is 14.2 Å². The van der Waals surface area contributed by atoms with Crippen molar-refractivity contribution in [3.63, 3.8) is 0 Å². The van der Waals surface area contributed by atoms with Gasteiger partial charge in [0.2, 0.25) is 0 Å². The first-order chi connectivity index (χ1) is 16.3. The first-order valence-electron chi connectivity index (χ1n) is 10.7. The molecule has 0 spiro atoms. The Morgan fingerprint density at radius 3 is 1.24 bits per heavy atom. The molecule has 4 aromatic carbocycles. The van der Waals surface area contributed by atoms with Crippen LogP contribution in [-0.2, 0) is 11.2 Å². The van der Waals surface area contributed by atoms with Gasteiger partial charge < -0.3 is 19.7 Å². The van der Waals surface area contributed by atoms with Crippen LogP contribution >= 0.6 is 23.2 Å². The lowest BCUT2D eigenvalue weighted by Crippen LogP contribution is -2.44. The van der Waals surface area contributed by atoms with Crippen molar-refractivity contribution in [1.82, 2.24) is 0 Å². The molecule has 0 saturated carbocycles. The third-order valence-electron chi connectivity index (χ3n) is 6.55. The summed E-state index contributed by atoms with van der Waals surface area (Å²) >= 11 is 13.5. The van der Waals surface area contributed by atoms with Gasteiger partial charge in [0.15, 0.2) is 0 Å². The van der Waals surface area contributed by atoms with E-state index in [1.165, 1.54) is 0 Å². The lowest BCUT2D eigenvalue weighted by molar-refractivity contribution is 0.0749. The van der Waals surface area contributed by atoms with Crippen molar-refractivity contribution in [2.75, 3.05) is 14.2 Å². The van der Waals surface area contributed by atoms with Crippen molar-refractivity contribution in [1.29, 1.82) is 0 Å². The lowest BCUT2D eigenvalue weighted by atomic mass is 9.63. The summed E-state index contributed by atoms with van der Waals surface area (Å²) < 4.78 is 10.6. The normalized spacial score (nSPS) is 20.9. The molecule has 1 aliphatic rings. The molecule has 0 radical (unpaired) electrons. The Bertz CT molecular complexity index is 1260. The summed E-state index contributed by atoms with van der Waals surface area (Å²) in [6, 6.07) is 24.7. The lowest BCUT2D eigenvalue weighted by Gasteiger charge is -2.46. The zero-order chi connectivity index (χ0) is 24.1. The molecular weight excluding hydrogens is 471 g/mol. The molecule has 0 bridgehead atoms. The van der Waals surface area contributed by atoms with Crippen molar-refractivity contribution >= 4 is 23.2 Å². The number of rotatable bonds is 4. The summed E-state index contributed by atoms with van der Waals surface area (Å²) in [4.78, 5) is 0. The molecule has 0 saturated heterocycles. The van der Waals surface area contributed by atoms with Crippen molar-refractivity contribution in [3.8, 4) is 11.5 Å². The maximum Gasteiger partial charge on any atom is 0.142 e. The third kappa shape index (κ3) is 3.14. The van der Waals surface area contributed by atoms with Gasteiger partial charge in [-0.1, -0.05) is 71.7 Å². The second-order valence-electron chi connectivity index (χ2n) is 8.20. The standard InChI is InChI=1S/C28H22Cl2O4/c1-33-19-13-9-17(10-14-19)27(31)21-5-3-8-24(30)26(21)28(32,18-11-15-20(34-2)16-12-18)22-6-4-7-23(29)25(22)27/h3-16,31-32H,1-2H3/t27-,28-/m0/s1. The number of fused-ring (bicyclic) bond motifs is 2. The van der Waals surface area contributed by atoms with Gasteiger partial charge in [0, 0.05) is 32.3 Å². The number of benzene rings is 4. The predicted octanol–water partition coefficient (Wildman–Crippen LogP) is 5.89. The van der Waals surface area contributed by atoms with Crippen LogP contribution in [0, 0.1) is 0 Å². The molecule has 4 aromatic rings. The van der Waals surface area contributed by atoms with E-state index in [0.717, 1.165) is 0 Å². The van der Waals surface area contributed by atoms with Gasteiger partial charge in [-0.05, 0) is 47.5 Å². The highest BCUT2D eigenvalue weighted by molar-refractivity contribution is 6.32. The topological polar surface area (TPSA) is 58.9 Å². The highest BCUT2D eigenvalue weighted by Crippen LogP contribution is 2.56. The maximum atomic E-state index is 12.5. The molecule has 0 aromatic heterocycles. The van der Waals surface area contributed by atoms with Gasteiger partial charge in [0.1, 0.15) is 22.7 Å². The number of hydrogen-bond acceptors (Lipinski definition) is 4. The Balaban J connectivity index is 1.89. The van der Waals surface area contributed by atoms with Gasteiger partial charge in [-0.15, -0.1) is 0 Å². The van der Waals surface area contributed by atoms with Gasteiger partial charge in [0.25, 0.3) is 0 Å². The van der Waals surface area contributed by atoms with Crippen molar-refractivity contribution in [2.45, 2.75) is 11.2 Å². The maximum absolute atomic E-state index is 12.5. The van der Waals surface area contributed by atoms with E-state index in [9.17, 15) is 10.2 Å². The highest BCUT2D eigenvalue weighted by Gasteiger charge is 2.53. The van der Waals surface area contributed by atoms with E-state index in [2.05, 4.69) is 0 Å². The minimum atomic E-state index is -1.67. The molecule has 172 valence electrons. The Morgan fingerprint density at radius 1 is 0.559 bits per heavy atom. The van der Waals surface area contributed by atoms with Crippen LogP contribution < -0.4 is 9.47 Å². The van der Waals surface area contributed by atoms with Gasteiger partial charge in [-0.2, -0.15) is 0 Å². The minimum absolute atomic E-state index is 0.327. The Hall–Kier alpha value is -3.02. The van der Waals surface area contributed by atoms with Crippen LogP contribution in [-0.4, -0.2) is 24.4 Å². The fraction of sp³-hybridized carbons (Fsp3) is 0.143. The molecule has 0 heterocycles. The quantitative estimate of drug-likeness (QED) is 0.372. The molecule has 0 aliphatic heterocycles. The van der Waals surface area contributed by atoms with Gasteiger partial charge in [-0.25, -0.2) is 0 Å². The van der Waals surface area contributed by atoms with Crippen LogP contribution in [0.25, 0.3) is 0 Å². The zero-order valence-corrected chi connectivity index (χ0v) is 20.1. The van der Waals surface area contributed by atoms with Crippen LogP contribution in [0.5, 0.6) is 11.5 Å². The van der Waals surface area contributed by atoms with E-state index in [-0.39, 0.29) is 0 Å². The second-order valence-corrected chi connectivity index (χ2v) is 9.02. The Morgan fingerprint density at radius 2 is 0.912 bits per heavy atom. The summed E-state index contributed by atoms with van der Waals surface area (Å²) in [5, 5.41) is 25.6. The molecule has 0 unspecified atom stereocenters. The number of ether oxygens (including phenoxy) is 2. The first kappa shape index (κ1) is 22.8. The van der Waals surface area contributed by atoms with E-state index in [1.807, 2.05) is 0 Å². The van der Waals surface area contributed by atoms with Gasteiger partial charge >= 0.3 is 0 Å². The average Bonchev–Trinajstić information content (AvgIpc) is 2.87. The van der Waals surface area contributed by atoms with E-state index in [4.69, 9.17) is 32.7 Å². The van der Waals surface area contributed by atoms with E-state index < -0.39 is 11.2 Å². The zero-order valence-electron chi connectivity index (χ0n) is 18.5. The number of aliphatic hydroxyl groups is 2. The number of methoxy groups -OCH3 is 2. The second kappa shape index (κ2) is 8.33. The van der Waals surface area contributed by atoms with Crippen molar-refractivity contribution < 1.29 is 19.7 Å². The summed E-state index contributed by atoms with van der Waals surface area (Å²) in [7, 11) is 3.17. The average molecular weight is 493 g/mol. The molecule has 5 rings (SSSR count). The molecule has 2 atom stereocenters. The Kier molecular flexibility index (Phi) is 5.58. The predicted molar refractivity (Wildman–Crippen MR) is 133 cm³/mol. The third-order valence-corrected chi connectivity index (χ3v) is 7.18. The largest absolute Gasteiger partial charge is 0.497 e. The monoisotopic (exact) mass is 492 g/mol. The molecule has 1 aliphatic carbocycles. The van der Waals surface area contributed by atoms with Crippen LogP contribution in [0.2, 0.25) is 10.0 Å². The van der Waals surface area contributed by atoms with E-state index >= 15 is 0 Å². The van der Waals surface area contributed by atoms with E-state index in [1.54, 1.807) is 99.1 Å². The molecule has 6 heteroatoms. The van der Waals surface area contributed by atoms with Crippen LogP contribution in [0.3, 0.4) is 0 Å². The highest BCUT2D eigenvalue weighted by atomic mass is 35.5.